The number of sulfonamides is 2. The van der Waals surface area contributed by atoms with E-state index < -0.39 is 38.5 Å². The van der Waals surface area contributed by atoms with Crippen LogP contribution in [0.2, 0.25) is 0 Å². The molecule has 1 saturated heterocycles. The van der Waals surface area contributed by atoms with Crippen molar-refractivity contribution in [3.63, 3.8) is 0 Å². The molecular weight excluding hydrogens is 454 g/mol. The van der Waals surface area contributed by atoms with E-state index in [-0.39, 0.29) is 17.3 Å². The van der Waals surface area contributed by atoms with Crippen LogP contribution in [0, 0.1) is 0 Å². The molecule has 164 valence electrons. The molecule has 2 aromatic rings. The molecule has 2 heterocycles. The van der Waals surface area contributed by atoms with Gasteiger partial charge >= 0.3 is 0 Å². The fourth-order valence-corrected chi connectivity index (χ4v) is 6.95. The number of hydrogen-bond acceptors (Lipinski definition) is 8. The van der Waals surface area contributed by atoms with Gasteiger partial charge in [-0.3, -0.25) is 10.0 Å². The molecule has 0 spiro atoms. The van der Waals surface area contributed by atoms with Gasteiger partial charge in [0.25, 0.3) is 15.9 Å². The zero-order chi connectivity index (χ0) is 22.1. The van der Waals surface area contributed by atoms with Gasteiger partial charge in [0, 0.05) is 24.5 Å². The van der Waals surface area contributed by atoms with E-state index in [0.717, 1.165) is 31.8 Å². The topological polar surface area (TPSA) is 133 Å². The average molecular weight is 476 g/mol. The summed E-state index contributed by atoms with van der Waals surface area (Å²) in [5.74, 6) is -0.376. The minimum absolute atomic E-state index is 0.00358. The number of hydrogen-bond donors (Lipinski definition) is 2. The molecule has 1 aromatic carbocycles. The SMILES string of the molecule is COc1cccc(-c2ccc(S(=O)(=O)N3CCN(S(C)(=O)=O)C[C@@H]3C(=O)NO)s2)c1. The third-order valence-corrected chi connectivity index (χ3v) is 9.45. The Morgan fingerprint density at radius 2 is 1.93 bits per heavy atom. The molecule has 0 unspecified atom stereocenters. The van der Waals surface area contributed by atoms with Crippen LogP contribution in [-0.2, 0) is 24.8 Å². The molecule has 0 radical (unpaired) electrons. The summed E-state index contributed by atoms with van der Waals surface area (Å²) in [7, 11) is -6.21. The van der Waals surface area contributed by atoms with Gasteiger partial charge in [0.1, 0.15) is 16.0 Å². The van der Waals surface area contributed by atoms with Gasteiger partial charge in [0.15, 0.2) is 0 Å². The van der Waals surface area contributed by atoms with Crippen LogP contribution in [0.5, 0.6) is 5.75 Å². The number of nitrogens with one attached hydrogen (secondary N) is 1. The van der Waals surface area contributed by atoms with Crippen LogP contribution in [0.3, 0.4) is 0 Å². The monoisotopic (exact) mass is 475 g/mol. The van der Waals surface area contributed by atoms with Crippen molar-refractivity contribution in [1.82, 2.24) is 14.1 Å². The highest BCUT2D eigenvalue weighted by molar-refractivity contribution is 7.91. The van der Waals surface area contributed by atoms with E-state index in [2.05, 4.69) is 0 Å². The predicted octanol–water partition coefficient (Wildman–Crippen LogP) is 0.564. The van der Waals surface area contributed by atoms with Crippen molar-refractivity contribution in [3.05, 3.63) is 36.4 Å². The maximum Gasteiger partial charge on any atom is 0.263 e. The lowest BCUT2D eigenvalue weighted by Crippen LogP contribution is -2.60. The standard InChI is InChI=1S/C17H21N3O7S3/c1-27-13-5-3-4-12(10-13)15-6-7-16(28-15)30(25,26)20-9-8-19(29(2,23)24)11-14(20)17(21)18-22/h3-7,10,14,22H,8-9,11H2,1-2H3,(H,18,21)/t14-/m1/s1. The summed E-state index contributed by atoms with van der Waals surface area (Å²) in [6.07, 6.45) is 0.977. The number of ether oxygens (including phenoxy) is 1. The van der Waals surface area contributed by atoms with Gasteiger partial charge in [0.2, 0.25) is 10.0 Å². The van der Waals surface area contributed by atoms with Crippen LogP contribution < -0.4 is 10.2 Å². The smallest absolute Gasteiger partial charge is 0.263 e. The summed E-state index contributed by atoms with van der Waals surface area (Å²) in [6, 6.07) is 8.84. The summed E-state index contributed by atoms with van der Waals surface area (Å²) in [6.45, 7) is -0.708. The van der Waals surface area contributed by atoms with Crippen molar-refractivity contribution < 1.29 is 31.6 Å². The summed E-state index contributed by atoms with van der Waals surface area (Å²) in [5.41, 5.74) is 2.20. The lowest BCUT2D eigenvalue weighted by Gasteiger charge is -2.37. The fourth-order valence-electron chi connectivity index (χ4n) is 3.12. The van der Waals surface area contributed by atoms with E-state index in [4.69, 9.17) is 9.94 Å². The van der Waals surface area contributed by atoms with E-state index in [1.54, 1.807) is 24.3 Å². The van der Waals surface area contributed by atoms with E-state index >= 15 is 0 Å². The first kappa shape index (κ1) is 22.7. The molecule has 1 aliphatic rings. The molecule has 1 fully saturated rings. The van der Waals surface area contributed by atoms with Crippen LogP contribution >= 0.6 is 11.3 Å². The molecule has 3 rings (SSSR count). The third kappa shape index (κ3) is 4.50. The minimum Gasteiger partial charge on any atom is -0.497 e. The van der Waals surface area contributed by atoms with Gasteiger partial charge in [-0.05, 0) is 29.8 Å². The molecule has 30 heavy (non-hydrogen) atoms. The Labute approximate surface area is 178 Å². The van der Waals surface area contributed by atoms with Crippen molar-refractivity contribution >= 4 is 37.3 Å². The maximum absolute atomic E-state index is 13.2. The summed E-state index contributed by atoms with van der Waals surface area (Å²) < 4.78 is 57.2. The Balaban J connectivity index is 1.94. The number of rotatable bonds is 6. The number of hydroxylamine groups is 1. The Morgan fingerprint density at radius 1 is 1.20 bits per heavy atom. The van der Waals surface area contributed by atoms with Crippen LogP contribution in [0.1, 0.15) is 0 Å². The molecule has 13 heteroatoms. The number of piperazine rings is 1. The first-order chi connectivity index (χ1) is 14.1. The fraction of sp³-hybridized carbons (Fsp3) is 0.353. The molecular formula is C17H21N3O7S3. The number of carbonyl (C=O) groups excluding carboxylic acids is 1. The second-order valence-electron chi connectivity index (χ2n) is 6.58. The highest BCUT2D eigenvalue weighted by atomic mass is 32.2. The first-order valence-electron chi connectivity index (χ1n) is 8.73. The Bertz CT molecular complexity index is 1140. The predicted molar refractivity (Wildman–Crippen MR) is 110 cm³/mol. The van der Waals surface area contributed by atoms with Crippen molar-refractivity contribution in [2.45, 2.75) is 10.3 Å². The molecule has 10 nitrogen and oxygen atoms in total. The molecule has 1 aromatic heterocycles. The summed E-state index contributed by atoms with van der Waals surface area (Å²) in [5, 5.41) is 9.03. The first-order valence-corrected chi connectivity index (χ1v) is 12.8. The van der Waals surface area contributed by atoms with Crippen molar-refractivity contribution in [2.75, 3.05) is 33.0 Å². The van der Waals surface area contributed by atoms with Crippen molar-refractivity contribution in [2.24, 2.45) is 0 Å². The number of thiophene rings is 1. The number of carbonyl (C=O) groups is 1. The quantitative estimate of drug-likeness (QED) is 0.461. The highest BCUT2D eigenvalue weighted by Gasteiger charge is 2.42. The van der Waals surface area contributed by atoms with Gasteiger partial charge in [0.05, 0.1) is 13.4 Å². The van der Waals surface area contributed by atoms with Crippen molar-refractivity contribution in [3.8, 4) is 16.2 Å². The molecule has 2 N–H and O–H groups in total. The van der Waals surface area contributed by atoms with Crippen LogP contribution in [-0.4, -0.2) is 75.6 Å². The van der Waals surface area contributed by atoms with Gasteiger partial charge in [-0.25, -0.2) is 22.3 Å². The lowest BCUT2D eigenvalue weighted by atomic mass is 10.2. The number of benzene rings is 1. The lowest BCUT2D eigenvalue weighted by molar-refractivity contribution is -0.134. The largest absolute Gasteiger partial charge is 0.497 e. The summed E-state index contributed by atoms with van der Waals surface area (Å²) in [4.78, 5) is 12.8. The second-order valence-corrected chi connectivity index (χ2v) is 11.8. The Morgan fingerprint density at radius 3 is 2.57 bits per heavy atom. The number of methoxy groups -OCH3 is 1. The molecule has 1 atom stereocenters. The highest BCUT2D eigenvalue weighted by Crippen LogP contribution is 2.34. The minimum atomic E-state index is -4.11. The van der Waals surface area contributed by atoms with Crippen molar-refractivity contribution in [1.29, 1.82) is 0 Å². The van der Waals surface area contributed by atoms with Crippen LogP contribution in [0.4, 0.5) is 0 Å². The zero-order valence-electron chi connectivity index (χ0n) is 16.2. The van der Waals surface area contributed by atoms with Gasteiger partial charge in [-0.2, -0.15) is 8.61 Å². The van der Waals surface area contributed by atoms with E-state index in [1.807, 2.05) is 6.07 Å². The van der Waals surface area contributed by atoms with E-state index in [1.165, 1.54) is 18.7 Å². The number of nitrogens with zero attached hydrogens (tertiary/aromatic N) is 2. The average Bonchev–Trinajstić information content (AvgIpc) is 3.23. The third-order valence-electron chi connectivity index (χ3n) is 4.67. The van der Waals surface area contributed by atoms with E-state index in [9.17, 15) is 21.6 Å². The molecule has 1 amide bonds. The van der Waals surface area contributed by atoms with Crippen LogP contribution in [0.25, 0.3) is 10.4 Å². The van der Waals surface area contributed by atoms with Gasteiger partial charge < -0.3 is 4.74 Å². The van der Waals surface area contributed by atoms with Gasteiger partial charge in [-0.15, -0.1) is 11.3 Å². The van der Waals surface area contributed by atoms with Gasteiger partial charge in [-0.1, -0.05) is 12.1 Å². The van der Waals surface area contributed by atoms with E-state index in [0.29, 0.717) is 10.6 Å². The number of amides is 1. The second kappa shape index (κ2) is 8.61. The normalized spacial score (nSPS) is 18.8. The molecule has 0 bridgehead atoms. The Kier molecular flexibility index (Phi) is 6.50. The Hall–Kier alpha value is -2.03. The molecule has 1 aliphatic heterocycles. The maximum atomic E-state index is 13.2. The zero-order valence-corrected chi connectivity index (χ0v) is 18.6. The summed E-state index contributed by atoms with van der Waals surface area (Å²) >= 11 is 1.02. The molecule has 0 aliphatic carbocycles. The van der Waals surface area contributed by atoms with Crippen LogP contribution in [0.15, 0.2) is 40.6 Å². The molecule has 0 saturated carbocycles.